The zero-order chi connectivity index (χ0) is 12.5. The van der Waals surface area contributed by atoms with E-state index in [2.05, 4.69) is 0 Å². The van der Waals surface area contributed by atoms with Crippen molar-refractivity contribution in [3.63, 3.8) is 0 Å². The van der Waals surface area contributed by atoms with Crippen LogP contribution >= 0.6 is 0 Å². The molecule has 0 atom stereocenters. The molecule has 88 valence electrons. The first-order chi connectivity index (χ1) is 7.98. The third kappa shape index (κ3) is 2.46. The molecule has 0 aromatic heterocycles. The second kappa shape index (κ2) is 4.20. The maximum Gasteiger partial charge on any atom is 0.295 e. The van der Waals surface area contributed by atoms with Crippen LogP contribution in [-0.2, 0) is 10.1 Å². The van der Waals surface area contributed by atoms with Crippen LogP contribution in [0.2, 0.25) is 0 Å². The third-order valence-corrected chi connectivity index (χ3v) is 3.27. The Morgan fingerprint density at radius 2 is 1.71 bits per heavy atom. The average molecular weight is 249 g/mol. The summed E-state index contributed by atoms with van der Waals surface area (Å²) in [6, 6.07) is 13.1. The van der Waals surface area contributed by atoms with Crippen molar-refractivity contribution >= 4 is 15.8 Å². The Bertz CT molecular complexity index is 650. The summed E-state index contributed by atoms with van der Waals surface area (Å²) in [5.74, 6) is 0. The monoisotopic (exact) mass is 249 g/mol. The van der Waals surface area contributed by atoms with Gasteiger partial charge in [0.05, 0.1) is 0 Å². The Labute approximate surface area is 99.5 Å². The SMILES string of the molecule is Nc1cccc(-c2ccccc2S(=O)(=O)O)c1. The second-order valence-electron chi connectivity index (χ2n) is 3.60. The normalized spacial score (nSPS) is 11.4. The lowest BCUT2D eigenvalue weighted by atomic mass is 10.1. The molecule has 0 heterocycles. The second-order valence-corrected chi connectivity index (χ2v) is 4.99. The summed E-state index contributed by atoms with van der Waals surface area (Å²) in [6.45, 7) is 0. The van der Waals surface area contributed by atoms with Gasteiger partial charge in [-0.25, -0.2) is 0 Å². The van der Waals surface area contributed by atoms with E-state index in [0.717, 1.165) is 0 Å². The van der Waals surface area contributed by atoms with Crippen molar-refractivity contribution in [3.8, 4) is 11.1 Å². The molecule has 4 nitrogen and oxygen atoms in total. The summed E-state index contributed by atoms with van der Waals surface area (Å²) in [4.78, 5) is -0.120. The first-order valence-corrected chi connectivity index (χ1v) is 6.35. The summed E-state index contributed by atoms with van der Waals surface area (Å²) in [7, 11) is -4.24. The summed E-state index contributed by atoms with van der Waals surface area (Å²) >= 11 is 0. The molecule has 5 heteroatoms. The highest BCUT2D eigenvalue weighted by Gasteiger charge is 2.15. The molecule has 0 spiro atoms. The summed E-state index contributed by atoms with van der Waals surface area (Å²) in [5.41, 5.74) is 7.26. The van der Waals surface area contributed by atoms with Crippen LogP contribution in [0.1, 0.15) is 0 Å². The summed E-state index contributed by atoms with van der Waals surface area (Å²) in [6.07, 6.45) is 0. The smallest absolute Gasteiger partial charge is 0.295 e. The number of anilines is 1. The molecular weight excluding hydrogens is 238 g/mol. The summed E-state index contributed by atoms with van der Waals surface area (Å²) < 4.78 is 31.6. The molecule has 2 rings (SSSR count). The summed E-state index contributed by atoms with van der Waals surface area (Å²) in [5, 5.41) is 0. The van der Waals surface area contributed by atoms with E-state index >= 15 is 0 Å². The number of benzene rings is 2. The quantitative estimate of drug-likeness (QED) is 0.631. The first-order valence-electron chi connectivity index (χ1n) is 4.91. The largest absolute Gasteiger partial charge is 0.399 e. The number of nitrogen functional groups attached to an aromatic ring is 1. The number of hydrogen-bond acceptors (Lipinski definition) is 3. The molecule has 0 saturated heterocycles. The number of hydrogen-bond donors (Lipinski definition) is 2. The first kappa shape index (κ1) is 11.6. The van der Waals surface area contributed by atoms with Crippen LogP contribution in [0.5, 0.6) is 0 Å². The zero-order valence-corrected chi connectivity index (χ0v) is 9.68. The minimum Gasteiger partial charge on any atom is -0.399 e. The van der Waals surface area contributed by atoms with E-state index in [0.29, 0.717) is 16.8 Å². The molecule has 2 aromatic carbocycles. The molecule has 0 fully saturated rings. The number of nitrogens with two attached hydrogens (primary N) is 1. The van der Waals surface area contributed by atoms with Gasteiger partial charge in [-0.3, -0.25) is 4.55 Å². The van der Waals surface area contributed by atoms with Crippen LogP contribution in [0.3, 0.4) is 0 Å². The van der Waals surface area contributed by atoms with Gasteiger partial charge in [-0.2, -0.15) is 8.42 Å². The van der Waals surface area contributed by atoms with Crippen molar-refractivity contribution in [1.29, 1.82) is 0 Å². The van der Waals surface area contributed by atoms with Gasteiger partial charge in [-0.15, -0.1) is 0 Å². The van der Waals surface area contributed by atoms with Gasteiger partial charge in [0.2, 0.25) is 0 Å². The van der Waals surface area contributed by atoms with Gasteiger partial charge in [-0.05, 0) is 23.8 Å². The minimum absolute atomic E-state index is 0.120. The highest BCUT2D eigenvalue weighted by Crippen LogP contribution is 2.28. The van der Waals surface area contributed by atoms with Gasteiger partial charge in [0, 0.05) is 11.3 Å². The van der Waals surface area contributed by atoms with Gasteiger partial charge < -0.3 is 5.73 Å². The average Bonchev–Trinajstić information content (AvgIpc) is 2.28. The molecule has 0 saturated carbocycles. The van der Waals surface area contributed by atoms with E-state index in [1.54, 1.807) is 42.5 Å². The third-order valence-electron chi connectivity index (χ3n) is 2.36. The van der Waals surface area contributed by atoms with E-state index in [1.165, 1.54) is 6.07 Å². The van der Waals surface area contributed by atoms with Gasteiger partial charge >= 0.3 is 0 Å². The van der Waals surface area contributed by atoms with Gasteiger partial charge in [0.1, 0.15) is 4.90 Å². The molecule has 0 amide bonds. The van der Waals surface area contributed by atoms with E-state index in [1.807, 2.05) is 0 Å². The molecule has 0 aliphatic rings. The Kier molecular flexibility index (Phi) is 2.87. The Balaban J connectivity index is 2.69. The van der Waals surface area contributed by atoms with Crippen molar-refractivity contribution < 1.29 is 13.0 Å². The molecule has 17 heavy (non-hydrogen) atoms. The van der Waals surface area contributed by atoms with E-state index in [4.69, 9.17) is 10.3 Å². The predicted octanol–water partition coefficient (Wildman–Crippen LogP) is 2.18. The molecule has 0 aliphatic heterocycles. The molecule has 2 aromatic rings. The highest BCUT2D eigenvalue weighted by molar-refractivity contribution is 7.86. The lowest BCUT2D eigenvalue weighted by Crippen LogP contribution is -2.00. The lowest BCUT2D eigenvalue weighted by Gasteiger charge is -2.07. The van der Waals surface area contributed by atoms with Crippen molar-refractivity contribution in [2.45, 2.75) is 4.90 Å². The topological polar surface area (TPSA) is 80.4 Å². The molecule has 0 bridgehead atoms. The maximum absolute atomic E-state index is 11.2. The van der Waals surface area contributed by atoms with Gasteiger partial charge in [-0.1, -0.05) is 30.3 Å². The number of rotatable bonds is 2. The van der Waals surface area contributed by atoms with Crippen LogP contribution in [0.4, 0.5) is 5.69 Å². The van der Waals surface area contributed by atoms with Gasteiger partial charge in [0.15, 0.2) is 0 Å². The Hall–Kier alpha value is -1.85. The predicted molar refractivity (Wildman–Crippen MR) is 66.1 cm³/mol. The van der Waals surface area contributed by atoms with E-state index in [-0.39, 0.29) is 4.90 Å². The van der Waals surface area contributed by atoms with Crippen molar-refractivity contribution in [2.24, 2.45) is 0 Å². The fraction of sp³-hybridized carbons (Fsp3) is 0. The fourth-order valence-corrected chi connectivity index (χ4v) is 2.35. The van der Waals surface area contributed by atoms with Crippen LogP contribution in [-0.4, -0.2) is 13.0 Å². The van der Waals surface area contributed by atoms with Crippen LogP contribution < -0.4 is 5.73 Å². The molecule has 0 unspecified atom stereocenters. The molecule has 0 aliphatic carbocycles. The zero-order valence-electron chi connectivity index (χ0n) is 8.87. The highest BCUT2D eigenvalue weighted by atomic mass is 32.2. The van der Waals surface area contributed by atoms with Crippen molar-refractivity contribution in [1.82, 2.24) is 0 Å². The Morgan fingerprint density at radius 1 is 1.00 bits per heavy atom. The Morgan fingerprint density at radius 3 is 2.35 bits per heavy atom. The lowest BCUT2D eigenvalue weighted by molar-refractivity contribution is 0.483. The molecule has 0 radical (unpaired) electrons. The van der Waals surface area contributed by atoms with Crippen LogP contribution in [0.15, 0.2) is 53.4 Å². The van der Waals surface area contributed by atoms with E-state index < -0.39 is 10.1 Å². The fourth-order valence-electron chi connectivity index (χ4n) is 1.64. The molecular formula is C12H11NO3S. The minimum atomic E-state index is -4.24. The molecule has 3 N–H and O–H groups in total. The maximum atomic E-state index is 11.2. The van der Waals surface area contributed by atoms with Crippen molar-refractivity contribution in [3.05, 3.63) is 48.5 Å². The van der Waals surface area contributed by atoms with Crippen molar-refractivity contribution in [2.75, 3.05) is 5.73 Å². The van der Waals surface area contributed by atoms with E-state index in [9.17, 15) is 8.42 Å². The van der Waals surface area contributed by atoms with Gasteiger partial charge in [0.25, 0.3) is 10.1 Å². The standard InChI is InChI=1S/C12H11NO3S/c13-10-5-3-4-9(8-10)11-6-1-2-7-12(11)17(14,15)16/h1-8H,13H2,(H,14,15,16). The van der Waals surface area contributed by atoms with Crippen LogP contribution in [0.25, 0.3) is 11.1 Å². The van der Waals surface area contributed by atoms with Crippen LogP contribution in [0, 0.1) is 0 Å².